The van der Waals surface area contributed by atoms with Crippen LogP contribution in [0.15, 0.2) is 77.9 Å². The summed E-state index contributed by atoms with van der Waals surface area (Å²) in [5.41, 5.74) is 3.70. The summed E-state index contributed by atoms with van der Waals surface area (Å²) in [6.07, 6.45) is 1.32. The summed E-state index contributed by atoms with van der Waals surface area (Å²) in [5.74, 6) is -1.20. The zero-order valence-corrected chi connectivity index (χ0v) is 17.3. The van der Waals surface area contributed by atoms with Crippen LogP contribution in [0.3, 0.4) is 0 Å². The number of nitrogens with one attached hydrogen (secondary N) is 2. The van der Waals surface area contributed by atoms with Gasteiger partial charge in [0.2, 0.25) is 5.91 Å². The second-order valence-electron chi connectivity index (χ2n) is 6.69. The number of esters is 1. The second kappa shape index (κ2) is 10.4. The summed E-state index contributed by atoms with van der Waals surface area (Å²) < 4.78 is 5.37. The van der Waals surface area contributed by atoms with E-state index in [9.17, 15) is 24.5 Å². The molecule has 0 saturated carbocycles. The highest BCUT2D eigenvalue weighted by atomic mass is 16.6. The fourth-order valence-electron chi connectivity index (χ4n) is 2.69. The zero-order chi connectivity index (χ0) is 23.8. The number of nitro groups is 1. The largest absolute Gasteiger partial charge is 0.422 e. The molecule has 33 heavy (non-hydrogen) atoms. The first kappa shape index (κ1) is 22.8. The first-order chi connectivity index (χ1) is 15.8. The Morgan fingerprint density at radius 1 is 0.939 bits per heavy atom. The molecule has 0 aliphatic carbocycles. The number of anilines is 1. The van der Waals surface area contributed by atoms with Crippen molar-refractivity contribution >= 4 is 35.4 Å². The van der Waals surface area contributed by atoms with Crippen molar-refractivity contribution in [3.63, 3.8) is 0 Å². The van der Waals surface area contributed by atoms with Gasteiger partial charge in [0.25, 0.3) is 11.6 Å². The Kier molecular flexibility index (Phi) is 7.22. The number of nitrogens with zero attached hydrogens (tertiary/aromatic N) is 2. The highest BCUT2D eigenvalue weighted by molar-refractivity contribution is 5.97. The minimum Gasteiger partial charge on any atom is -0.422 e. The predicted octanol–water partition coefficient (Wildman–Crippen LogP) is 3.54. The normalized spacial score (nSPS) is 10.5. The highest BCUT2D eigenvalue weighted by Crippen LogP contribution is 2.19. The molecule has 0 aromatic heterocycles. The standard InChI is InChI=1S/C23H18N4O6/c1-15(28)25-19-10-6-16(7-11-19)22(29)26-24-14-18-4-2-3-5-21(18)33-23(30)17-8-12-20(13-9-17)27(31)32/h2-14H,1H3,(H,25,28)(H,26,29)/b24-14+. The number of carbonyl (C=O) groups excluding carboxylic acids is 3. The number of ether oxygens (including phenoxy) is 1. The van der Waals surface area contributed by atoms with Crippen LogP contribution in [0.1, 0.15) is 33.2 Å². The summed E-state index contributed by atoms with van der Waals surface area (Å²) >= 11 is 0. The number of non-ortho nitro benzene ring substituents is 1. The number of hydrogen-bond acceptors (Lipinski definition) is 7. The van der Waals surface area contributed by atoms with Crippen molar-refractivity contribution in [3.05, 3.63) is 99.6 Å². The van der Waals surface area contributed by atoms with E-state index in [1.807, 2.05) is 0 Å². The van der Waals surface area contributed by atoms with Crippen LogP contribution < -0.4 is 15.5 Å². The number of benzene rings is 3. The fraction of sp³-hybridized carbons (Fsp3) is 0.0435. The zero-order valence-electron chi connectivity index (χ0n) is 17.3. The molecule has 2 N–H and O–H groups in total. The molecule has 0 fully saturated rings. The number of hydrogen-bond donors (Lipinski definition) is 2. The SMILES string of the molecule is CC(=O)Nc1ccc(C(=O)N/N=C/c2ccccc2OC(=O)c2ccc([N+](=O)[O-])cc2)cc1. The van der Waals surface area contributed by atoms with E-state index in [0.717, 1.165) is 0 Å². The van der Waals surface area contributed by atoms with Gasteiger partial charge < -0.3 is 10.1 Å². The molecule has 0 unspecified atom stereocenters. The predicted molar refractivity (Wildman–Crippen MR) is 120 cm³/mol. The average molecular weight is 446 g/mol. The van der Waals surface area contributed by atoms with Gasteiger partial charge in [-0.1, -0.05) is 12.1 Å². The van der Waals surface area contributed by atoms with Gasteiger partial charge in [-0.2, -0.15) is 5.10 Å². The van der Waals surface area contributed by atoms with Crippen molar-refractivity contribution in [1.82, 2.24) is 5.43 Å². The quantitative estimate of drug-likeness (QED) is 0.187. The van der Waals surface area contributed by atoms with E-state index in [2.05, 4.69) is 15.8 Å². The topological polar surface area (TPSA) is 140 Å². The molecule has 0 bridgehead atoms. The maximum Gasteiger partial charge on any atom is 0.343 e. The van der Waals surface area contributed by atoms with E-state index in [0.29, 0.717) is 16.8 Å². The molecule has 10 heteroatoms. The van der Waals surface area contributed by atoms with Crippen molar-refractivity contribution in [1.29, 1.82) is 0 Å². The third kappa shape index (κ3) is 6.31. The van der Waals surface area contributed by atoms with E-state index in [-0.39, 0.29) is 22.9 Å². The van der Waals surface area contributed by atoms with E-state index >= 15 is 0 Å². The van der Waals surface area contributed by atoms with E-state index in [4.69, 9.17) is 4.74 Å². The molecule has 0 atom stereocenters. The van der Waals surface area contributed by atoms with E-state index < -0.39 is 16.8 Å². The Labute approximate surface area is 188 Å². The molecule has 10 nitrogen and oxygen atoms in total. The fourth-order valence-corrected chi connectivity index (χ4v) is 2.69. The Hall–Kier alpha value is -4.86. The number of carbonyl (C=O) groups is 3. The minimum absolute atomic E-state index is 0.139. The van der Waals surface area contributed by atoms with Crippen LogP contribution in [0.2, 0.25) is 0 Å². The first-order valence-corrected chi connectivity index (χ1v) is 9.60. The third-order valence-electron chi connectivity index (χ3n) is 4.27. The van der Waals surface area contributed by atoms with Crippen molar-refractivity contribution < 1.29 is 24.0 Å². The van der Waals surface area contributed by atoms with Gasteiger partial charge in [0.1, 0.15) is 5.75 Å². The molecule has 0 heterocycles. The molecule has 0 radical (unpaired) electrons. The molecule has 3 aromatic carbocycles. The maximum atomic E-state index is 12.4. The van der Waals surface area contributed by atoms with Crippen molar-refractivity contribution in [2.75, 3.05) is 5.32 Å². The Bertz CT molecular complexity index is 1220. The summed E-state index contributed by atoms with van der Waals surface area (Å²) in [5, 5.41) is 17.2. The summed E-state index contributed by atoms with van der Waals surface area (Å²) in [6.45, 7) is 1.39. The number of para-hydroxylation sites is 1. The van der Waals surface area contributed by atoms with Crippen LogP contribution in [-0.2, 0) is 4.79 Å². The van der Waals surface area contributed by atoms with Gasteiger partial charge in [0.05, 0.1) is 16.7 Å². The van der Waals surface area contributed by atoms with Gasteiger partial charge in [0.15, 0.2) is 0 Å². The Balaban J connectivity index is 1.65. The number of hydrazone groups is 1. The second-order valence-corrected chi connectivity index (χ2v) is 6.69. The summed E-state index contributed by atoms with van der Waals surface area (Å²) in [4.78, 5) is 45.9. The van der Waals surface area contributed by atoms with Crippen LogP contribution in [0.4, 0.5) is 11.4 Å². The third-order valence-corrected chi connectivity index (χ3v) is 4.27. The average Bonchev–Trinajstić information content (AvgIpc) is 2.80. The lowest BCUT2D eigenvalue weighted by molar-refractivity contribution is -0.384. The van der Waals surface area contributed by atoms with E-state index in [1.165, 1.54) is 49.5 Å². The van der Waals surface area contributed by atoms with Crippen molar-refractivity contribution in [3.8, 4) is 5.75 Å². The van der Waals surface area contributed by atoms with Crippen LogP contribution in [0, 0.1) is 10.1 Å². The van der Waals surface area contributed by atoms with Crippen molar-refractivity contribution in [2.45, 2.75) is 6.92 Å². The number of amides is 2. The van der Waals surface area contributed by atoms with E-state index in [1.54, 1.807) is 36.4 Å². The molecule has 166 valence electrons. The maximum absolute atomic E-state index is 12.4. The summed E-state index contributed by atoms with van der Waals surface area (Å²) in [7, 11) is 0. The number of nitro benzene ring substituents is 1. The van der Waals surface area contributed by atoms with Gasteiger partial charge in [-0.15, -0.1) is 0 Å². The van der Waals surface area contributed by atoms with Crippen LogP contribution in [0.5, 0.6) is 5.75 Å². The van der Waals surface area contributed by atoms with Crippen molar-refractivity contribution in [2.24, 2.45) is 5.10 Å². The molecule has 0 spiro atoms. The Morgan fingerprint density at radius 3 is 2.21 bits per heavy atom. The van der Waals surface area contributed by atoms with Gasteiger partial charge in [-0.25, -0.2) is 10.2 Å². The molecule has 3 rings (SSSR count). The molecule has 0 aliphatic rings. The van der Waals surface area contributed by atoms with Crippen LogP contribution >= 0.6 is 0 Å². The molecular formula is C23H18N4O6. The van der Waals surface area contributed by atoms with Gasteiger partial charge in [-0.3, -0.25) is 19.7 Å². The first-order valence-electron chi connectivity index (χ1n) is 9.60. The smallest absolute Gasteiger partial charge is 0.343 e. The molecule has 3 aromatic rings. The molecule has 0 aliphatic heterocycles. The molecular weight excluding hydrogens is 428 g/mol. The highest BCUT2D eigenvalue weighted by Gasteiger charge is 2.13. The lowest BCUT2D eigenvalue weighted by Crippen LogP contribution is -2.18. The lowest BCUT2D eigenvalue weighted by Gasteiger charge is -2.07. The Morgan fingerprint density at radius 2 is 1.58 bits per heavy atom. The van der Waals surface area contributed by atoms with Gasteiger partial charge in [-0.05, 0) is 48.5 Å². The monoisotopic (exact) mass is 446 g/mol. The summed E-state index contributed by atoms with van der Waals surface area (Å²) in [6, 6.07) is 17.8. The number of rotatable bonds is 7. The van der Waals surface area contributed by atoms with Gasteiger partial charge >= 0.3 is 5.97 Å². The van der Waals surface area contributed by atoms with Crippen LogP contribution in [0.25, 0.3) is 0 Å². The minimum atomic E-state index is -0.700. The molecule has 2 amide bonds. The lowest BCUT2D eigenvalue weighted by atomic mass is 10.2. The van der Waals surface area contributed by atoms with Gasteiger partial charge in [0, 0.05) is 35.9 Å². The van der Waals surface area contributed by atoms with Crippen LogP contribution in [-0.4, -0.2) is 28.9 Å². The molecule has 0 saturated heterocycles.